The molecule has 2 unspecified atom stereocenters. The highest BCUT2D eigenvalue weighted by Gasteiger charge is 2.55. The van der Waals surface area contributed by atoms with Gasteiger partial charge in [0.1, 0.15) is 5.60 Å². The number of rotatable bonds is 4. The van der Waals surface area contributed by atoms with Gasteiger partial charge in [0, 0.05) is 32.7 Å². The number of hydrogen-bond acceptors (Lipinski definition) is 4. The summed E-state index contributed by atoms with van der Waals surface area (Å²) >= 11 is 0. The minimum Gasteiger partial charge on any atom is -0.444 e. The Morgan fingerprint density at radius 2 is 2.05 bits per heavy atom. The molecule has 5 heteroatoms. The summed E-state index contributed by atoms with van der Waals surface area (Å²) in [4.78, 5) is 14.3. The highest BCUT2D eigenvalue weighted by molar-refractivity contribution is 5.67. The van der Waals surface area contributed by atoms with Crippen molar-refractivity contribution in [3.63, 3.8) is 0 Å². The summed E-state index contributed by atoms with van der Waals surface area (Å²) in [6.45, 7) is 12.5. The highest BCUT2D eigenvalue weighted by atomic mass is 16.6. The van der Waals surface area contributed by atoms with Gasteiger partial charge < -0.3 is 20.7 Å². The molecule has 3 N–H and O–H groups in total. The van der Waals surface area contributed by atoms with Crippen molar-refractivity contribution in [3.05, 3.63) is 0 Å². The fourth-order valence-corrected chi connectivity index (χ4v) is 3.74. The Kier molecular flexibility index (Phi) is 4.83. The molecule has 0 aromatic rings. The number of likely N-dealkylation sites (tertiary alicyclic amines) is 1. The monoisotopic (exact) mass is 297 g/mol. The van der Waals surface area contributed by atoms with Crippen molar-refractivity contribution in [2.45, 2.75) is 46.1 Å². The fraction of sp³-hybridized carbons (Fsp3) is 0.938. The Hall–Kier alpha value is -0.810. The molecular formula is C16H31N3O2. The maximum atomic E-state index is 11.9. The van der Waals surface area contributed by atoms with Crippen LogP contribution < -0.4 is 11.1 Å². The van der Waals surface area contributed by atoms with E-state index < -0.39 is 5.60 Å². The van der Waals surface area contributed by atoms with Crippen molar-refractivity contribution in [1.29, 1.82) is 0 Å². The Balaban J connectivity index is 1.89. The first kappa shape index (κ1) is 16.6. The number of nitrogens with one attached hydrogen (secondary N) is 1. The van der Waals surface area contributed by atoms with Crippen LogP contribution in [0.15, 0.2) is 0 Å². The first-order chi connectivity index (χ1) is 9.77. The van der Waals surface area contributed by atoms with Crippen LogP contribution >= 0.6 is 0 Å². The molecule has 2 aliphatic rings. The molecule has 1 aliphatic heterocycles. The molecule has 2 atom stereocenters. The molecule has 1 aliphatic carbocycles. The molecule has 0 bridgehead atoms. The third-order valence-electron chi connectivity index (χ3n) is 4.97. The van der Waals surface area contributed by atoms with E-state index in [0.717, 1.165) is 19.6 Å². The van der Waals surface area contributed by atoms with Gasteiger partial charge in [-0.2, -0.15) is 0 Å². The molecule has 5 nitrogen and oxygen atoms in total. The second-order valence-electron chi connectivity index (χ2n) is 7.76. The standard InChI is InChI=1S/C16H31N3O2/c1-12-10-19(8-7-17)11-13(16(12)5-6-16)9-18-14(20)21-15(2,3)4/h12-13H,5-11,17H2,1-4H3,(H,18,20). The summed E-state index contributed by atoms with van der Waals surface area (Å²) in [5.41, 5.74) is 5.70. The first-order valence-corrected chi connectivity index (χ1v) is 8.16. The van der Waals surface area contributed by atoms with Crippen LogP contribution in [0.25, 0.3) is 0 Å². The van der Waals surface area contributed by atoms with E-state index in [1.165, 1.54) is 12.8 Å². The van der Waals surface area contributed by atoms with Crippen LogP contribution in [0.3, 0.4) is 0 Å². The largest absolute Gasteiger partial charge is 0.444 e. The Morgan fingerprint density at radius 1 is 1.38 bits per heavy atom. The van der Waals surface area contributed by atoms with Gasteiger partial charge in [0.15, 0.2) is 0 Å². The minimum atomic E-state index is -0.438. The van der Waals surface area contributed by atoms with E-state index in [1.54, 1.807) is 0 Å². The van der Waals surface area contributed by atoms with Crippen molar-refractivity contribution in [2.24, 2.45) is 23.0 Å². The van der Waals surface area contributed by atoms with Crippen LogP contribution in [0, 0.1) is 17.3 Å². The van der Waals surface area contributed by atoms with Gasteiger partial charge in [-0.15, -0.1) is 0 Å². The Labute approximate surface area is 128 Å². The summed E-state index contributed by atoms with van der Waals surface area (Å²) in [6.07, 6.45) is 2.29. The van der Waals surface area contributed by atoms with E-state index >= 15 is 0 Å². The van der Waals surface area contributed by atoms with Gasteiger partial charge in [0.05, 0.1) is 0 Å². The maximum Gasteiger partial charge on any atom is 0.407 e. The van der Waals surface area contributed by atoms with Crippen LogP contribution in [0.5, 0.6) is 0 Å². The number of carbonyl (C=O) groups excluding carboxylic acids is 1. The molecule has 122 valence electrons. The molecule has 1 saturated heterocycles. The van der Waals surface area contributed by atoms with Crippen molar-refractivity contribution in [1.82, 2.24) is 10.2 Å². The second kappa shape index (κ2) is 6.13. The second-order valence-corrected chi connectivity index (χ2v) is 7.76. The lowest BCUT2D eigenvalue weighted by molar-refractivity contribution is 0.0373. The van der Waals surface area contributed by atoms with Gasteiger partial charge in [-0.3, -0.25) is 0 Å². The van der Waals surface area contributed by atoms with Crippen molar-refractivity contribution >= 4 is 6.09 Å². The predicted molar refractivity (Wildman–Crippen MR) is 84.1 cm³/mol. The quantitative estimate of drug-likeness (QED) is 0.830. The summed E-state index contributed by atoms with van der Waals surface area (Å²) in [7, 11) is 0. The first-order valence-electron chi connectivity index (χ1n) is 8.16. The molecule has 0 radical (unpaired) electrons. The van der Waals surface area contributed by atoms with E-state index in [2.05, 4.69) is 17.1 Å². The van der Waals surface area contributed by atoms with Gasteiger partial charge >= 0.3 is 6.09 Å². The number of nitrogens with zero attached hydrogens (tertiary/aromatic N) is 1. The molecule has 2 fully saturated rings. The summed E-state index contributed by atoms with van der Waals surface area (Å²) in [5, 5.41) is 2.97. The van der Waals surface area contributed by atoms with Crippen molar-refractivity contribution < 1.29 is 9.53 Å². The van der Waals surface area contributed by atoms with Crippen LogP contribution in [0.2, 0.25) is 0 Å². The number of ether oxygens (including phenoxy) is 1. The van der Waals surface area contributed by atoms with Crippen molar-refractivity contribution in [2.75, 3.05) is 32.7 Å². The average Bonchev–Trinajstić information content (AvgIpc) is 3.12. The molecule has 1 amide bonds. The third-order valence-corrected chi connectivity index (χ3v) is 4.97. The van der Waals surface area contributed by atoms with E-state index in [-0.39, 0.29) is 6.09 Å². The number of nitrogens with two attached hydrogens (primary N) is 1. The third kappa shape index (κ3) is 4.10. The highest BCUT2D eigenvalue weighted by Crippen LogP contribution is 2.59. The minimum absolute atomic E-state index is 0.304. The van der Waals surface area contributed by atoms with Crippen LogP contribution in [0.4, 0.5) is 4.79 Å². The lowest BCUT2D eigenvalue weighted by atomic mass is 9.75. The van der Waals surface area contributed by atoms with Gasteiger partial charge in [-0.1, -0.05) is 6.92 Å². The smallest absolute Gasteiger partial charge is 0.407 e. The Morgan fingerprint density at radius 3 is 2.57 bits per heavy atom. The molecule has 1 saturated carbocycles. The molecule has 0 aromatic carbocycles. The lowest BCUT2D eigenvalue weighted by Crippen LogP contribution is -2.51. The number of alkyl carbamates (subject to hydrolysis) is 1. The zero-order chi connectivity index (χ0) is 15.7. The van der Waals surface area contributed by atoms with Crippen LogP contribution in [0.1, 0.15) is 40.5 Å². The lowest BCUT2D eigenvalue weighted by Gasteiger charge is -2.43. The van der Waals surface area contributed by atoms with E-state index in [1.807, 2.05) is 20.8 Å². The van der Waals surface area contributed by atoms with Crippen LogP contribution in [-0.4, -0.2) is 49.3 Å². The number of amides is 1. The summed E-state index contributed by atoms with van der Waals surface area (Å²) in [5.74, 6) is 1.20. The molecular weight excluding hydrogens is 266 g/mol. The molecule has 0 aromatic heterocycles. The van der Waals surface area contributed by atoms with Crippen LogP contribution in [-0.2, 0) is 4.74 Å². The maximum absolute atomic E-state index is 11.9. The van der Waals surface area contributed by atoms with Gasteiger partial charge in [-0.05, 0) is 50.9 Å². The molecule has 1 spiro atoms. The molecule has 1 heterocycles. The normalized spacial score (nSPS) is 28.4. The van der Waals surface area contributed by atoms with E-state index in [4.69, 9.17) is 10.5 Å². The summed E-state index contributed by atoms with van der Waals surface area (Å²) < 4.78 is 5.33. The summed E-state index contributed by atoms with van der Waals surface area (Å²) in [6, 6.07) is 0. The SMILES string of the molecule is CC1CN(CCN)CC(CNC(=O)OC(C)(C)C)C12CC2. The molecule has 2 rings (SSSR count). The predicted octanol–water partition coefficient (Wildman–Crippen LogP) is 1.82. The Bertz CT molecular complexity index is 374. The zero-order valence-electron chi connectivity index (χ0n) is 13.9. The van der Waals surface area contributed by atoms with Gasteiger partial charge in [0.2, 0.25) is 0 Å². The topological polar surface area (TPSA) is 67.6 Å². The number of carbonyl (C=O) groups is 1. The average molecular weight is 297 g/mol. The fourth-order valence-electron chi connectivity index (χ4n) is 3.74. The van der Waals surface area contributed by atoms with Gasteiger partial charge in [0.25, 0.3) is 0 Å². The zero-order valence-corrected chi connectivity index (χ0v) is 13.9. The number of piperidine rings is 1. The number of hydrogen-bond donors (Lipinski definition) is 2. The van der Waals surface area contributed by atoms with E-state index in [9.17, 15) is 4.79 Å². The van der Waals surface area contributed by atoms with Crippen molar-refractivity contribution in [3.8, 4) is 0 Å². The van der Waals surface area contributed by atoms with E-state index in [0.29, 0.717) is 30.3 Å². The molecule has 21 heavy (non-hydrogen) atoms. The van der Waals surface area contributed by atoms with Gasteiger partial charge in [-0.25, -0.2) is 4.79 Å².